The van der Waals surface area contributed by atoms with Gasteiger partial charge in [0.05, 0.1) is 9.75 Å². The summed E-state index contributed by atoms with van der Waals surface area (Å²) in [6, 6.07) is 13.8. The van der Waals surface area contributed by atoms with E-state index in [1.165, 1.54) is 34.8 Å². The van der Waals surface area contributed by atoms with Gasteiger partial charge in [0.25, 0.3) is 5.91 Å². The summed E-state index contributed by atoms with van der Waals surface area (Å²) < 4.78 is 0. The predicted octanol–water partition coefficient (Wildman–Crippen LogP) is 4.94. The third-order valence-electron chi connectivity index (χ3n) is 6.39. The molecule has 1 aliphatic carbocycles. The molecule has 0 saturated carbocycles. The van der Waals surface area contributed by atoms with Crippen molar-refractivity contribution < 1.29 is 14.4 Å². The van der Waals surface area contributed by atoms with Gasteiger partial charge in [-0.05, 0) is 66.6 Å². The zero-order valence-corrected chi connectivity index (χ0v) is 17.8. The third-order valence-corrected chi connectivity index (χ3v) is 7.56. The van der Waals surface area contributed by atoms with Crippen molar-refractivity contribution >= 4 is 39.6 Å². The van der Waals surface area contributed by atoms with Crippen LogP contribution < -0.4 is 0 Å². The number of Topliss-reactive ketones (excluding diaryl/α,β-unsaturated/α-hetero) is 2. The molecule has 1 atom stereocenters. The van der Waals surface area contributed by atoms with E-state index in [1.807, 2.05) is 12.1 Å². The number of amides is 1. The molecule has 2 aromatic carbocycles. The molecule has 30 heavy (non-hydrogen) atoms. The van der Waals surface area contributed by atoms with Crippen LogP contribution in [0, 0.1) is 5.92 Å². The Morgan fingerprint density at radius 2 is 1.73 bits per heavy atom. The molecular weight excluding hydrogens is 394 g/mol. The van der Waals surface area contributed by atoms with Crippen molar-refractivity contribution in [1.29, 1.82) is 0 Å². The number of nitrogens with zero attached hydrogens (tertiary/aromatic N) is 1. The zero-order chi connectivity index (χ0) is 20.8. The summed E-state index contributed by atoms with van der Waals surface area (Å²) in [6.07, 6.45) is 3.70. The lowest BCUT2D eigenvalue weighted by atomic mass is 9.87. The Morgan fingerprint density at radius 3 is 2.50 bits per heavy atom. The normalized spacial score (nSPS) is 18.0. The van der Waals surface area contributed by atoms with E-state index in [-0.39, 0.29) is 23.4 Å². The van der Waals surface area contributed by atoms with Gasteiger partial charge in [0.15, 0.2) is 11.6 Å². The number of likely N-dealkylation sites (tertiary alicyclic amines) is 1. The van der Waals surface area contributed by atoms with Crippen LogP contribution in [0.2, 0.25) is 0 Å². The van der Waals surface area contributed by atoms with Crippen LogP contribution in [0.25, 0.3) is 10.8 Å². The first-order valence-corrected chi connectivity index (χ1v) is 11.3. The number of thiophene rings is 1. The maximum atomic E-state index is 13.5. The number of aryl methyl sites for hydroxylation is 2. The van der Waals surface area contributed by atoms with Gasteiger partial charge in [0.2, 0.25) is 0 Å². The van der Waals surface area contributed by atoms with Crippen LogP contribution in [-0.4, -0.2) is 35.5 Å². The average molecular weight is 418 g/mol. The molecule has 1 saturated heterocycles. The Kier molecular flexibility index (Phi) is 4.78. The molecule has 3 aromatic rings. The molecule has 0 radical (unpaired) electrons. The number of benzene rings is 2. The van der Waals surface area contributed by atoms with E-state index in [9.17, 15) is 14.4 Å². The molecule has 1 aromatic heterocycles. The van der Waals surface area contributed by atoms with Gasteiger partial charge in [0, 0.05) is 24.6 Å². The summed E-state index contributed by atoms with van der Waals surface area (Å²) in [6.45, 7) is 2.60. The van der Waals surface area contributed by atoms with Crippen LogP contribution in [0.4, 0.5) is 0 Å². The molecule has 1 fully saturated rings. The van der Waals surface area contributed by atoms with Crippen molar-refractivity contribution in [1.82, 2.24) is 4.90 Å². The highest BCUT2D eigenvalue weighted by molar-refractivity contribution is 7.15. The first kappa shape index (κ1) is 19.2. The molecule has 0 spiro atoms. The van der Waals surface area contributed by atoms with Crippen molar-refractivity contribution in [3.8, 4) is 0 Å². The third kappa shape index (κ3) is 3.18. The summed E-state index contributed by atoms with van der Waals surface area (Å²) in [5, 5.41) is 2.31. The molecule has 1 aliphatic heterocycles. The molecule has 5 heteroatoms. The molecule has 2 heterocycles. The monoisotopic (exact) mass is 417 g/mol. The maximum absolute atomic E-state index is 13.5. The van der Waals surface area contributed by atoms with E-state index in [0.29, 0.717) is 22.8 Å². The summed E-state index contributed by atoms with van der Waals surface area (Å²) in [5.41, 5.74) is 3.44. The van der Waals surface area contributed by atoms with Crippen LogP contribution in [0.1, 0.15) is 60.6 Å². The second kappa shape index (κ2) is 7.47. The molecule has 152 valence electrons. The van der Waals surface area contributed by atoms with E-state index in [4.69, 9.17) is 0 Å². The number of rotatable bonds is 4. The Bertz CT molecular complexity index is 1180. The van der Waals surface area contributed by atoms with Crippen LogP contribution in [0.5, 0.6) is 0 Å². The lowest BCUT2D eigenvalue weighted by molar-refractivity contribution is 0.0641. The SMILES string of the molecule is CC(=O)c1ccc(C(=O)N2CCC[C@@H](C(=O)c3ccc4c5c(cccc35)CC4)C2)s1. The molecule has 0 N–H and O–H groups in total. The Morgan fingerprint density at radius 1 is 0.967 bits per heavy atom. The van der Waals surface area contributed by atoms with Gasteiger partial charge in [0.1, 0.15) is 0 Å². The first-order valence-electron chi connectivity index (χ1n) is 10.5. The molecular formula is C25H23NO3S. The summed E-state index contributed by atoms with van der Waals surface area (Å²) >= 11 is 1.24. The van der Waals surface area contributed by atoms with Crippen molar-refractivity contribution in [3.63, 3.8) is 0 Å². The van der Waals surface area contributed by atoms with Crippen LogP contribution >= 0.6 is 11.3 Å². The van der Waals surface area contributed by atoms with Crippen molar-refractivity contribution in [3.05, 3.63) is 68.9 Å². The number of hydrogen-bond donors (Lipinski definition) is 0. The highest BCUT2D eigenvalue weighted by Gasteiger charge is 2.31. The van der Waals surface area contributed by atoms with Gasteiger partial charge < -0.3 is 4.90 Å². The largest absolute Gasteiger partial charge is 0.337 e. The molecule has 2 aliphatic rings. The van der Waals surface area contributed by atoms with E-state index in [1.54, 1.807) is 17.0 Å². The molecule has 0 bridgehead atoms. The van der Waals surface area contributed by atoms with Gasteiger partial charge in [-0.1, -0.05) is 30.3 Å². The predicted molar refractivity (Wildman–Crippen MR) is 119 cm³/mol. The highest BCUT2D eigenvalue weighted by atomic mass is 32.1. The zero-order valence-electron chi connectivity index (χ0n) is 16.9. The Labute approximate surface area is 179 Å². The number of carbonyl (C=O) groups excluding carboxylic acids is 3. The smallest absolute Gasteiger partial charge is 0.263 e. The van der Waals surface area contributed by atoms with Gasteiger partial charge in [-0.3, -0.25) is 14.4 Å². The van der Waals surface area contributed by atoms with Gasteiger partial charge in [-0.25, -0.2) is 0 Å². The van der Waals surface area contributed by atoms with E-state index in [0.717, 1.165) is 36.6 Å². The molecule has 5 rings (SSSR count). The number of carbonyl (C=O) groups is 3. The van der Waals surface area contributed by atoms with Gasteiger partial charge in [-0.15, -0.1) is 11.3 Å². The quantitative estimate of drug-likeness (QED) is 0.565. The van der Waals surface area contributed by atoms with Crippen molar-refractivity contribution in [2.24, 2.45) is 5.92 Å². The number of piperidine rings is 1. The van der Waals surface area contributed by atoms with Gasteiger partial charge in [-0.2, -0.15) is 0 Å². The average Bonchev–Trinajstić information content (AvgIpc) is 3.42. The summed E-state index contributed by atoms with van der Waals surface area (Å²) in [7, 11) is 0. The number of hydrogen-bond acceptors (Lipinski definition) is 4. The highest BCUT2D eigenvalue weighted by Crippen LogP contribution is 2.34. The fourth-order valence-electron chi connectivity index (χ4n) is 4.86. The Hall–Kier alpha value is -2.79. The van der Waals surface area contributed by atoms with E-state index >= 15 is 0 Å². The minimum atomic E-state index is -0.187. The van der Waals surface area contributed by atoms with Crippen molar-refractivity contribution in [2.75, 3.05) is 13.1 Å². The lowest BCUT2D eigenvalue weighted by Gasteiger charge is -2.32. The lowest BCUT2D eigenvalue weighted by Crippen LogP contribution is -2.42. The van der Waals surface area contributed by atoms with E-state index in [2.05, 4.69) is 18.2 Å². The standard InChI is InChI=1S/C25H23NO3S/c1-15(27)21-11-12-22(30-21)25(29)26-13-3-5-18(14-26)24(28)20-10-9-17-8-7-16-4-2-6-19(20)23(16)17/h2,4,6,9-12,18H,3,5,7-8,13-14H2,1H3/t18-/m1/s1. The minimum absolute atomic E-state index is 0.0298. The molecule has 0 unspecified atom stereocenters. The van der Waals surface area contributed by atoms with E-state index < -0.39 is 0 Å². The molecule has 4 nitrogen and oxygen atoms in total. The maximum Gasteiger partial charge on any atom is 0.263 e. The first-order chi connectivity index (χ1) is 14.5. The van der Waals surface area contributed by atoms with Crippen LogP contribution in [0.15, 0.2) is 42.5 Å². The fraction of sp³-hybridized carbons (Fsp3) is 0.320. The number of ketones is 2. The topological polar surface area (TPSA) is 54.5 Å². The Balaban J connectivity index is 1.40. The fourth-order valence-corrected chi connectivity index (χ4v) is 5.72. The van der Waals surface area contributed by atoms with Crippen LogP contribution in [0.3, 0.4) is 0 Å². The molecule has 1 amide bonds. The minimum Gasteiger partial charge on any atom is -0.337 e. The van der Waals surface area contributed by atoms with Crippen LogP contribution in [-0.2, 0) is 12.8 Å². The second-order valence-electron chi connectivity index (χ2n) is 8.29. The van der Waals surface area contributed by atoms with Crippen molar-refractivity contribution in [2.45, 2.75) is 32.6 Å². The summed E-state index contributed by atoms with van der Waals surface area (Å²) in [5.74, 6) is -0.157. The van der Waals surface area contributed by atoms with Gasteiger partial charge >= 0.3 is 0 Å². The summed E-state index contributed by atoms with van der Waals surface area (Å²) in [4.78, 5) is 40.9. The second-order valence-corrected chi connectivity index (χ2v) is 9.37.